The number of hydrogen-bond acceptors (Lipinski definition) is 5. The van der Waals surface area contributed by atoms with Gasteiger partial charge >= 0.3 is 0 Å². The van der Waals surface area contributed by atoms with Gasteiger partial charge in [-0.15, -0.1) is 11.3 Å². The maximum atomic E-state index is 12.5. The number of aromatic nitrogens is 2. The van der Waals surface area contributed by atoms with Crippen LogP contribution in [0.1, 0.15) is 5.56 Å². The predicted molar refractivity (Wildman–Crippen MR) is 90.2 cm³/mol. The highest BCUT2D eigenvalue weighted by Gasteiger charge is 2.12. The van der Waals surface area contributed by atoms with E-state index in [0.29, 0.717) is 22.7 Å². The molecule has 1 aromatic carbocycles. The lowest BCUT2D eigenvalue weighted by atomic mass is 10.2. The van der Waals surface area contributed by atoms with E-state index in [1.807, 2.05) is 23.6 Å². The van der Waals surface area contributed by atoms with Crippen LogP contribution in [0.25, 0.3) is 10.2 Å². The first kappa shape index (κ1) is 15.1. The van der Waals surface area contributed by atoms with Gasteiger partial charge in [0.15, 0.2) is 0 Å². The zero-order valence-corrected chi connectivity index (χ0v) is 14.4. The number of methoxy groups -OCH3 is 2. The smallest absolute Gasteiger partial charge is 0.271 e. The molecule has 0 atom stereocenters. The van der Waals surface area contributed by atoms with E-state index in [2.05, 4.69) is 20.9 Å². The van der Waals surface area contributed by atoms with Crippen LogP contribution in [0.15, 0.2) is 39.2 Å². The zero-order valence-electron chi connectivity index (χ0n) is 12.0. The number of nitrogens with zero attached hydrogens (tertiary/aromatic N) is 2. The third kappa shape index (κ3) is 2.62. The summed E-state index contributed by atoms with van der Waals surface area (Å²) in [5.74, 6) is 1.37. The monoisotopic (exact) mass is 380 g/mol. The summed E-state index contributed by atoms with van der Waals surface area (Å²) in [4.78, 5) is 16.8. The lowest BCUT2D eigenvalue weighted by molar-refractivity contribution is 0.395. The van der Waals surface area contributed by atoms with Gasteiger partial charge < -0.3 is 9.47 Å². The number of rotatable bonds is 4. The average Bonchev–Trinajstić information content (AvgIpc) is 3.00. The second-order valence-corrected chi connectivity index (χ2v) is 6.38. The van der Waals surface area contributed by atoms with Crippen molar-refractivity contribution >= 4 is 37.5 Å². The molecule has 114 valence electrons. The number of ether oxygens (including phenoxy) is 2. The Bertz CT molecular complexity index is 888. The number of thiophene rings is 1. The largest absolute Gasteiger partial charge is 0.496 e. The summed E-state index contributed by atoms with van der Waals surface area (Å²) in [5.41, 5.74) is 1.53. The van der Waals surface area contributed by atoms with E-state index < -0.39 is 0 Å². The van der Waals surface area contributed by atoms with Gasteiger partial charge in [-0.3, -0.25) is 9.36 Å². The molecule has 0 radical (unpaired) electrons. The topological polar surface area (TPSA) is 53.4 Å². The Morgan fingerprint density at radius 1 is 1.27 bits per heavy atom. The van der Waals surface area contributed by atoms with Gasteiger partial charge in [-0.05, 0) is 39.5 Å². The van der Waals surface area contributed by atoms with Crippen LogP contribution in [0, 0.1) is 0 Å². The molecule has 0 aliphatic carbocycles. The summed E-state index contributed by atoms with van der Waals surface area (Å²) in [6.07, 6.45) is 1.56. The van der Waals surface area contributed by atoms with Gasteiger partial charge in [-0.1, -0.05) is 0 Å². The van der Waals surface area contributed by atoms with Gasteiger partial charge in [0.2, 0.25) is 0 Å². The molecule has 3 aromatic rings. The van der Waals surface area contributed by atoms with E-state index in [-0.39, 0.29) is 5.56 Å². The molecule has 0 aliphatic rings. The Labute approximate surface area is 139 Å². The molecule has 0 aliphatic heterocycles. The molecular formula is C15H13BrN2O3S. The molecule has 0 N–H and O–H groups in total. The molecule has 22 heavy (non-hydrogen) atoms. The SMILES string of the molecule is COc1cc(Cn2cnc3ccsc3c2=O)c(OC)cc1Br. The van der Waals surface area contributed by atoms with Crippen LogP contribution in [-0.4, -0.2) is 23.8 Å². The molecule has 0 unspecified atom stereocenters. The van der Waals surface area contributed by atoms with Gasteiger partial charge in [0.25, 0.3) is 5.56 Å². The summed E-state index contributed by atoms with van der Waals surface area (Å²) < 4.78 is 13.7. The molecule has 0 saturated carbocycles. The second kappa shape index (κ2) is 6.10. The highest BCUT2D eigenvalue weighted by Crippen LogP contribution is 2.33. The second-order valence-electron chi connectivity index (χ2n) is 4.61. The Balaban J connectivity index is 2.07. The molecule has 0 amide bonds. The average molecular weight is 381 g/mol. The fourth-order valence-corrected chi connectivity index (χ4v) is 3.50. The van der Waals surface area contributed by atoms with Crippen molar-refractivity contribution in [3.05, 3.63) is 50.3 Å². The molecule has 7 heteroatoms. The van der Waals surface area contributed by atoms with E-state index in [1.54, 1.807) is 25.1 Å². The van der Waals surface area contributed by atoms with E-state index in [1.165, 1.54) is 11.3 Å². The van der Waals surface area contributed by atoms with Gasteiger partial charge in [0.1, 0.15) is 16.2 Å². The van der Waals surface area contributed by atoms with Gasteiger partial charge in [0, 0.05) is 5.56 Å². The summed E-state index contributed by atoms with van der Waals surface area (Å²) in [6, 6.07) is 5.53. The normalized spacial score (nSPS) is 10.9. The summed E-state index contributed by atoms with van der Waals surface area (Å²) in [7, 11) is 3.20. The first-order valence-electron chi connectivity index (χ1n) is 6.47. The molecule has 0 saturated heterocycles. The summed E-state index contributed by atoms with van der Waals surface area (Å²) >= 11 is 4.82. The van der Waals surface area contributed by atoms with E-state index in [4.69, 9.17) is 9.47 Å². The van der Waals surface area contributed by atoms with E-state index >= 15 is 0 Å². The Morgan fingerprint density at radius 2 is 2.05 bits per heavy atom. The van der Waals surface area contributed by atoms with Crippen molar-refractivity contribution in [2.24, 2.45) is 0 Å². The van der Waals surface area contributed by atoms with Crippen LogP contribution in [0.5, 0.6) is 11.5 Å². The van der Waals surface area contributed by atoms with Gasteiger partial charge in [-0.25, -0.2) is 4.98 Å². The highest BCUT2D eigenvalue weighted by molar-refractivity contribution is 9.10. The van der Waals surface area contributed by atoms with Crippen LogP contribution in [-0.2, 0) is 6.54 Å². The molecule has 0 fully saturated rings. The lowest BCUT2D eigenvalue weighted by Gasteiger charge is -2.13. The van der Waals surface area contributed by atoms with Gasteiger partial charge in [0.05, 0.1) is 37.1 Å². The predicted octanol–water partition coefficient (Wildman–Crippen LogP) is 3.29. The Morgan fingerprint density at radius 3 is 2.77 bits per heavy atom. The third-order valence-corrected chi connectivity index (χ3v) is 4.84. The maximum Gasteiger partial charge on any atom is 0.271 e. The maximum absolute atomic E-state index is 12.5. The number of fused-ring (bicyclic) bond motifs is 1. The van der Waals surface area contributed by atoms with Crippen molar-refractivity contribution in [3.63, 3.8) is 0 Å². The van der Waals surface area contributed by atoms with Gasteiger partial charge in [-0.2, -0.15) is 0 Å². The highest BCUT2D eigenvalue weighted by atomic mass is 79.9. The molecule has 0 spiro atoms. The van der Waals surface area contributed by atoms with E-state index in [0.717, 1.165) is 15.6 Å². The third-order valence-electron chi connectivity index (χ3n) is 3.33. The number of benzene rings is 1. The first-order valence-corrected chi connectivity index (χ1v) is 8.14. The van der Waals surface area contributed by atoms with Crippen molar-refractivity contribution < 1.29 is 9.47 Å². The lowest BCUT2D eigenvalue weighted by Crippen LogP contribution is -2.20. The summed E-state index contributed by atoms with van der Waals surface area (Å²) in [6.45, 7) is 0.368. The van der Waals surface area contributed by atoms with E-state index in [9.17, 15) is 4.79 Å². The number of halogens is 1. The minimum absolute atomic E-state index is 0.0519. The van der Waals surface area contributed by atoms with Crippen molar-refractivity contribution in [1.82, 2.24) is 9.55 Å². The molecule has 0 bridgehead atoms. The van der Waals surface area contributed by atoms with Crippen molar-refractivity contribution in [2.75, 3.05) is 14.2 Å². The fraction of sp³-hybridized carbons (Fsp3) is 0.200. The minimum atomic E-state index is -0.0519. The zero-order chi connectivity index (χ0) is 15.7. The summed E-state index contributed by atoms with van der Waals surface area (Å²) in [5, 5.41) is 1.87. The molecule has 5 nitrogen and oxygen atoms in total. The molecule has 2 aromatic heterocycles. The Hall–Kier alpha value is -1.86. The molecular weight excluding hydrogens is 368 g/mol. The van der Waals surface area contributed by atoms with Crippen molar-refractivity contribution in [1.29, 1.82) is 0 Å². The molecule has 3 rings (SSSR count). The van der Waals surface area contributed by atoms with Crippen LogP contribution < -0.4 is 15.0 Å². The Kier molecular flexibility index (Phi) is 4.17. The van der Waals surface area contributed by atoms with Crippen LogP contribution in [0.3, 0.4) is 0 Å². The van der Waals surface area contributed by atoms with Crippen LogP contribution in [0.2, 0.25) is 0 Å². The minimum Gasteiger partial charge on any atom is -0.496 e. The fourth-order valence-electron chi connectivity index (χ4n) is 2.22. The molecule has 2 heterocycles. The van der Waals surface area contributed by atoms with Crippen molar-refractivity contribution in [2.45, 2.75) is 6.54 Å². The quantitative estimate of drug-likeness (QED) is 0.696. The van der Waals surface area contributed by atoms with Crippen LogP contribution >= 0.6 is 27.3 Å². The standard InChI is InChI=1S/C15H13BrN2O3S/c1-20-12-6-10(16)13(21-2)5-9(12)7-18-8-17-11-3-4-22-14(11)15(18)19/h3-6,8H,7H2,1-2H3. The van der Waals surface area contributed by atoms with Crippen LogP contribution in [0.4, 0.5) is 0 Å². The number of hydrogen-bond donors (Lipinski definition) is 0. The van der Waals surface area contributed by atoms with Crippen molar-refractivity contribution in [3.8, 4) is 11.5 Å². The first-order chi connectivity index (χ1) is 10.6.